The lowest BCUT2D eigenvalue weighted by Gasteiger charge is -2.35. The third-order valence-electron chi connectivity index (χ3n) is 2.38. The second kappa shape index (κ2) is 4.02. The van der Waals surface area contributed by atoms with E-state index in [1.807, 2.05) is 0 Å². The number of halogens is 8. The van der Waals surface area contributed by atoms with Gasteiger partial charge in [-0.1, -0.05) is 0 Å². The molecular weight excluding hydrogens is 292 g/mol. The number of hydrogen-bond donors (Lipinski definition) is 1. The maximum absolute atomic E-state index is 13.1. The highest BCUT2D eigenvalue weighted by Crippen LogP contribution is 2.56. The predicted molar refractivity (Wildman–Crippen MR) is 47.4 cm³/mol. The normalized spacial score (nSPS) is 29.9. The molecule has 1 heterocycles. The Hall–Kier alpha value is -1.46. The summed E-state index contributed by atoms with van der Waals surface area (Å²) in [7, 11) is 0. The van der Waals surface area contributed by atoms with E-state index in [-0.39, 0.29) is 0 Å². The van der Waals surface area contributed by atoms with Gasteiger partial charge in [-0.25, -0.2) is 10.9 Å². The minimum Gasteiger partial charge on any atom is -0.241 e. The summed E-state index contributed by atoms with van der Waals surface area (Å²) in [6.45, 7) is 2.60. The fraction of sp³-hybridized carbons (Fsp3) is 0.714. The van der Waals surface area contributed by atoms with Gasteiger partial charge >= 0.3 is 23.8 Å². The Labute approximate surface area is 100 Å². The fourth-order valence-electron chi connectivity index (χ4n) is 1.29. The molecule has 19 heavy (non-hydrogen) atoms. The Morgan fingerprint density at radius 3 is 1.89 bits per heavy atom. The Morgan fingerprint density at radius 2 is 1.47 bits per heavy atom. The highest BCUT2D eigenvalue weighted by atomic mass is 19.4. The van der Waals surface area contributed by atoms with Gasteiger partial charge in [0.2, 0.25) is 0 Å². The van der Waals surface area contributed by atoms with Crippen LogP contribution in [0.3, 0.4) is 0 Å². The molecule has 0 aromatic rings. The second-order valence-electron chi connectivity index (χ2n) is 3.60. The second-order valence-corrected chi connectivity index (χ2v) is 3.60. The summed E-state index contributed by atoms with van der Waals surface area (Å²) in [5, 5.41) is 3.84. The molecule has 1 fully saturated rings. The maximum atomic E-state index is 13.1. The Bertz CT molecular complexity index is 417. The highest BCUT2D eigenvalue weighted by molar-refractivity contribution is 5.83. The van der Waals surface area contributed by atoms with E-state index in [4.69, 9.17) is 0 Å². The molecule has 0 amide bonds. The fourth-order valence-corrected chi connectivity index (χ4v) is 1.29. The summed E-state index contributed by atoms with van der Waals surface area (Å²) in [4.78, 5) is 0. The highest BCUT2D eigenvalue weighted by Gasteiger charge is 2.84. The van der Waals surface area contributed by atoms with Crippen LogP contribution < -0.4 is 5.84 Å². The third kappa shape index (κ3) is 1.84. The summed E-state index contributed by atoms with van der Waals surface area (Å²) < 4.78 is 104. The van der Waals surface area contributed by atoms with Gasteiger partial charge in [0.15, 0.2) is 5.84 Å². The van der Waals surface area contributed by atoms with Gasteiger partial charge in [0, 0.05) is 6.72 Å². The maximum Gasteiger partial charge on any atom is 0.408 e. The minimum atomic E-state index is -6.42. The van der Waals surface area contributed by atoms with Gasteiger partial charge in [-0.05, 0) is 0 Å². The van der Waals surface area contributed by atoms with Crippen LogP contribution in [-0.4, -0.2) is 41.4 Å². The summed E-state index contributed by atoms with van der Waals surface area (Å²) in [5.74, 6) is -15.4. The Kier molecular flexibility index (Phi) is 3.30. The summed E-state index contributed by atoms with van der Waals surface area (Å²) in [6, 6.07) is -5.79. The molecule has 12 heteroatoms. The lowest BCUT2D eigenvalue weighted by molar-refractivity contribution is -0.379. The summed E-state index contributed by atoms with van der Waals surface area (Å²) >= 11 is 0. The van der Waals surface area contributed by atoms with E-state index >= 15 is 0 Å². The van der Waals surface area contributed by atoms with Gasteiger partial charge < -0.3 is 0 Å². The lowest BCUT2D eigenvalue weighted by Crippen LogP contribution is -2.65. The quantitative estimate of drug-likeness (QED) is 0.265. The molecule has 1 saturated heterocycles. The number of hydrazine groups is 1. The van der Waals surface area contributed by atoms with E-state index in [1.165, 1.54) is 0 Å². The molecule has 0 unspecified atom stereocenters. The SMILES string of the molecule is C=N/N=C1/CC(F)(F)C(F)(F)C(F)(F)C(F)(F)N1N. The molecule has 0 aromatic carbocycles. The standard InChI is InChI=1S/C7H6F8N4/c1-17-18-3-2-4(8,9)5(10,11)6(12,13)7(14,15)19(3)16/h1-2,16H2/b18-3-. The largest absolute Gasteiger partial charge is 0.408 e. The van der Waals surface area contributed by atoms with Crippen LogP contribution in [0.5, 0.6) is 0 Å². The Balaban J connectivity index is 3.57. The number of alkyl halides is 8. The molecule has 1 aliphatic heterocycles. The van der Waals surface area contributed by atoms with E-state index in [1.54, 1.807) is 0 Å². The molecule has 0 aromatic heterocycles. The molecule has 4 nitrogen and oxygen atoms in total. The molecule has 0 radical (unpaired) electrons. The van der Waals surface area contributed by atoms with E-state index in [2.05, 4.69) is 22.8 Å². The average Bonchev–Trinajstić information content (AvgIpc) is 2.27. The molecule has 0 saturated carbocycles. The molecule has 110 valence electrons. The van der Waals surface area contributed by atoms with Crippen LogP contribution in [-0.2, 0) is 0 Å². The van der Waals surface area contributed by atoms with E-state index in [9.17, 15) is 35.1 Å². The van der Waals surface area contributed by atoms with Crippen molar-refractivity contribution >= 4 is 12.6 Å². The van der Waals surface area contributed by atoms with Crippen molar-refractivity contribution in [1.29, 1.82) is 0 Å². The minimum absolute atomic E-state index is 1.25. The van der Waals surface area contributed by atoms with Crippen LogP contribution in [0.2, 0.25) is 0 Å². The molecule has 0 aliphatic carbocycles. The van der Waals surface area contributed by atoms with E-state index in [0.717, 1.165) is 0 Å². The van der Waals surface area contributed by atoms with Crippen LogP contribution in [0, 0.1) is 0 Å². The first kappa shape index (κ1) is 15.6. The van der Waals surface area contributed by atoms with Gasteiger partial charge in [0.25, 0.3) is 0 Å². The number of rotatable bonds is 1. The lowest BCUT2D eigenvalue weighted by atomic mass is 10.0. The van der Waals surface area contributed by atoms with E-state index < -0.39 is 41.1 Å². The summed E-state index contributed by atoms with van der Waals surface area (Å²) in [5.41, 5.74) is 0. The van der Waals surface area contributed by atoms with Crippen molar-refractivity contribution in [2.45, 2.75) is 30.2 Å². The van der Waals surface area contributed by atoms with Gasteiger partial charge in [0.05, 0.1) is 6.42 Å². The molecule has 0 bridgehead atoms. The van der Waals surface area contributed by atoms with Crippen LogP contribution in [0.25, 0.3) is 0 Å². The predicted octanol–water partition coefficient (Wildman–Crippen LogP) is 2.08. The first-order chi connectivity index (χ1) is 8.33. The number of hydrogen-bond acceptors (Lipinski definition) is 3. The zero-order valence-electron chi connectivity index (χ0n) is 8.86. The molecular formula is C7H6F8N4. The topological polar surface area (TPSA) is 54.0 Å². The molecule has 1 rings (SSSR count). The molecule has 2 N–H and O–H groups in total. The van der Waals surface area contributed by atoms with Crippen LogP contribution >= 0.6 is 0 Å². The van der Waals surface area contributed by atoms with Crippen molar-refractivity contribution in [3.63, 3.8) is 0 Å². The Morgan fingerprint density at radius 1 is 1.00 bits per heavy atom. The van der Waals surface area contributed by atoms with Gasteiger partial charge in [-0.3, -0.25) is 0 Å². The van der Waals surface area contributed by atoms with Crippen LogP contribution in [0.4, 0.5) is 35.1 Å². The van der Waals surface area contributed by atoms with Crippen molar-refractivity contribution < 1.29 is 35.1 Å². The van der Waals surface area contributed by atoms with E-state index in [0.29, 0.717) is 0 Å². The smallest absolute Gasteiger partial charge is 0.241 e. The van der Waals surface area contributed by atoms with Crippen LogP contribution in [0.1, 0.15) is 6.42 Å². The molecule has 0 atom stereocenters. The monoisotopic (exact) mass is 298 g/mol. The number of amidine groups is 1. The third-order valence-corrected chi connectivity index (χ3v) is 2.38. The zero-order valence-corrected chi connectivity index (χ0v) is 8.86. The zero-order chi connectivity index (χ0) is 15.3. The van der Waals surface area contributed by atoms with Crippen molar-refractivity contribution in [1.82, 2.24) is 5.01 Å². The molecule has 0 spiro atoms. The molecule has 1 aliphatic rings. The first-order valence-electron chi connectivity index (χ1n) is 4.41. The average molecular weight is 298 g/mol. The van der Waals surface area contributed by atoms with Crippen LogP contribution in [0.15, 0.2) is 10.2 Å². The van der Waals surface area contributed by atoms with Gasteiger partial charge in [-0.2, -0.15) is 40.2 Å². The van der Waals surface area contributed by atoms with Crippen molar-refractivity contribution in [2.75, 3.05) is 0 Å². The number of nitrogens with zero attached hydrogens (tertiary/aromatic N) is 3. The summed E-state index contributed by atoms with van der Waals surface area (Å²) in [6.07, 6.45) is -2.25. The van der Waals surface area contributed by atoms with Crippen molar-refractivity contribution in [3.8, 4) is 0 Å². The van der Waals surface area contributed by atoms with Crippen molar-refractivity contribution in [2.24, 2.45) is 16.0 Å². The van der Waals surface area contributed by atoms with Gasteiger partial charge in [-0.15, -0.1) is 5.10 Å². The van der Waals surface area contributed by atoms with Gasteiger partial charge in [0.1, 0.15) is 0 Å². The number of nitrogens with two attached hydrogens (primary N) is 1. The first-order valence-corrected chi connectivity index (χ1v) is 4.41. The van der Waals surface area contributed by atoms with Crippen molar-refractivity contribution in [3.05, 3.63) is 0 Å².